The Balaban J connectivity index is 1.69. The lowest BCUT2D eigenvalue weighted by atomic mass is 10.2. The van der Waals surface area contributed by atoms with Crippen LogP contribution in [-0.2, 0) is 4.79 Å². The van der Waals surface area contributed by atoms with Crippen LogP contribution in [0.2, 0.25) is 0 Å². The Labute approximate surface area is 139 Å². The SMILES string of the molecule is Cc1noc(-c2ccccc2OCC(=O)Nc2ccccc2C)n1. The minimum atomic E-state index is -0.235. The Morgan fingerprint density at radius 2 is 1.88 bits per heavy atom. The lowest BCUT2D eigenvalue weighted by Gasteiger charge is -2.11. The maximum atomic E-state index is 12.1. The average Bonchev–Trinajstić information content (AvgIpc) is 3.02. The van der Waals surface area contributed by atoms with E-state index in [1.54, 1.807) is 13.0 Å². The van der Waals surface area contributed by atoms with Gasteiger partial charge in [-0.1, -0.05) is 35.5 Å². The molecule has 0 saturated heterocycles. The second-order valence-corrected chi connectivity index (χ2v) is 5.29. The van der Waals surface area contributed by atoms with Crippen LogP contribution in [-0.4, -0.2) is 22.7 Å². The summed E-state index contributed by atoms with van der Waals surface area (Å²) in [6.07, 6.45) is 0. The summed E-state index contributed by atoms with van der Waals surface area (Å²) in [5, 5.41) is 6.60. The van der Waals surface area contributed by atoms with Gasteiger partial charge in [-0.15, -0.1) is 0 Å². The van der Waals surface area contributed by atoms with Crippen molar-refractivity contribution in [2.24, 2.45) is 0 Å². The zero-order valence-electron chi connectivity index (χ0n) is 13.4. The number of ether oxygens (including phenoxy) is 1. The smallest absolute Gasteiger partial charge is 0.262 e. The fourth-order valence-electron chi connectivity index (χ4n) is 2.22. The Kier molecular flexibility index (Phi) is 4.56. The van der Waals surface area contributed by atoms with E-state index >= 15 is 0 Å². The number of rotatable bonds is 5. The number of carbonyl (C=O) groups excluding carboxylic acids is 1. The van der Waals surface area contributed by atoms with Crippen LogP contribution in [0.4, 0.5) is 5.69 Å². The van der Waals surface area contributed by atoms with Gasteiger partial charge in [0.1, 0.15) is 5.75 Å². The highest BCUT2D eigenvalue weighted by molar-refractivity contribution is 5.92. The van der Waals surface area contributed by atoms with Crippen molar-refractivity contribution < 1.29 is 14.1 Å². The van der Waals surface area contributed by atoms with Gasteiger partial charge in [0.15, 0.2) is 12.4 Å². The molecule has 0 aliphatic rings. The largest absolute Gasteiger partial charge is 0.483 e. The topological polar surface area (TPSA) is 77.2 Å². The van der Waals surface area contributed by atoms with Crippen LogP contribution in [0.1, 0.15) is 11.4 Å². The summed E-state index contributed by atoms with van der Waals surface area (Å²) in [6, 6.07) is 14.8. The molecule has 3 rings (SSSR count). The van der Waals surface area contributed by atoms with E-state index in [-0.39, 0.29) is 12.5 Å². The maximum Gasteiger partial charge on any atom is 0.262 e. The van der Waals surface area contributed by atoms with Crippen molar-refractivity contribution in [3.05, 3.63) is 59.9 Å². The Hall–Kier alpha value is -3.15. The zero-order chi connectivity index (χ0) is 16.9. The van der Waals surface area contributed by atoms with E-state index in [4.69, 9.17) is 9.26 Å². The number of nitrogens with zero attached hydrogens (tertiary/aromatic N) is 2. The molecule has 0 aliphatic heterocycles. The molecular weight excluding hydrogens is 306 g/mol. The molecule has 24 heavy (non-hydrogen) atoms. The molecule has 0 aliphatic carbocycles. The van der Waals surface area contributed by atoms with Crippen LogP contribution in [0, 0.1) is 13.8 Å². The number of hydrogen-bond donors (Lipinski definition) is 1. The molecular formula is C18H17N3O3. The van der Waals surface area contributed by atoms with Gasteiger partial charge in [0, 0.05) is 5.69 Å². The number of nitrogens with one attached hydrogen (secondary N) is 1. The first kappa shape index (κ1) is 15.7. The van der Waals surface area contributed by atoms with Crippen molar-refractivity contribution in [3.8, 4) is 17.2 Å². The Morgan fingerprint density at radius 3 is 2.62 bits per heavy atom. The summed E-state index contributed by atoms with van der Waals surface area (Å²) >= 11 is 0. The molecule has 1 heterocycles. The molecule has 1 amide bonds. The van der Waals surface area contributed by atoms with Gasteiger partial charge in [0.2, 0.25) is 0 Å². The van der Waals surface area contributed by atoms with Crippen LogP contribution >= 0.6 is 0 Å². The van der Waals surface area contributed by atoms with Crippen LogP contribution < -0.4 is 10.1 Å². The molecule has 0 radical (unpaired) electrons. The summed E-state index contributed by atoms with van der Waals surface area (Å²) in [5.74, 6) is 1.18. The van der Waals surface area contributed by atoms with E-state index < -0.39 is 0 Å². The average molecular weight is 323 g/mol. The summed E-state index contributed by atoms with van der Waals surface area (Å²) in [6.45, 7) is 3.56. The van der Waals surface area contributed by atoms with E-state index in [9.17, 15) is 4.79 Å². The second kappa shape index (κ2) is 6.95. The summed E-state index contributed by atoms with van der Waals surface area (Å²) in [7, 11) is 0. The number of amides is 1. The number of carbonyl (C=O) groups is 1. The molecule has 0 saturated carbocycles. The fraction of sp³-hybridized carbons (Fsp3) is 0.167. The third kappa shape index (κ3) is 3.60. The van der Waals surface area contributed by atoms with Gasteiger partial charge in [0.25, 0.3) is 11.8 Å². The Bertz CT molecular complexity index is 858. The van der Waals surface area contributed by atoms with E-state index in [1.807, 2.05) is 49.4 Å². The minimum absolute atomic E-state index is 0.113. The number of benzene rings is 2. The summed E-state index contributed by atoms with van der Waals surface area (Å²) < 4.78 is 10.8. The molecule has 2 aromatic carbocycles. The van der Waals surface area contributed by atoms with Gasteiger partial charge in [0.05, 0.1) is 5.56 Å². The molecule has 122 valence electrons. The van der Waals surface area contributed by atoms with Crippen LogP contribution in [0.3, 0.4) is 0 Å². The molecule has 0 unspecified atom stereocenters. The van der Waals surface area contributed by atoms with Crippen LogP contribution in [0.25, 0.3) is 11.5 Å². The van der Waals surface area contributed by atoms with Gasteiger partial charge < -0.3 is 14.6 Å². The van der Waals surface area contributed by atoms with Gasteiger partial charge in [-0.05, 0) is 37.6 Å². The molecule has 0 bridgehead atoms. The van der Waals surface area contributed by atoms with Crippen molar-refractivity contribution in [1.82, 2.24) is 10.1 Å². The highest BCUT2D eigenvalue weighted by Gasteiger charge is 2.13. The van der Waals surface area contributed by atoms with Crippen LogP contribution in [0.5, 0.6) is 5.75 Å². The molecule has 6 nitrogen and oxygen atoms in total. The molecule has 3 aromatic rings. The zero-order valence-corrected chi connectivity index (χ0v) is 13.4. The number of anilines is 1. The van der Waals surface area contributed by atoms with Crippen molar-refractivity contribution in [3.63, 3.8) is 0 Å². The number of aromatic nitrogens is 2. The normalized spacial score (nSPS) is 10.4. The van der Waals surface area contributed by atoms with E-state index in [0.29, 0.717) is 23.0 Å². The van der Waals surface area contributed by atoms with Gasteiger partial charge in [-0.2, -0.15) is 4.98 Å². The minimum Gasteiger partial charge on any atom is -0.483 e. The standard InChI is InChI=1S/C18H17N3O3/c1-12-7-3-5-9-15(12)20-17(22)11-23-16-10-6-4-8-14(16)18-19-13(2)21-24-18/h3-10H,11H2,1-2H3,(H,20,22). The Morgan fingerprint density at radius 1 is 1.12 bits per heavy atom. The third-order valence-electron chi connectivity index (χ3n) is 3.42. The molecule has 0 atom stereocenters. The molecule has 1 N–H and O–H groups in total. The monoisotopic (exact) mass is 323 g/mol. The molecule has 0 spiro atoms. The first-order chi connectivity index (χ1) is 11.6. The second-order valence-electron chi connectivity index (χ2n) is 5.29. The van der Waals surface area contributed by atoms with Crippen molar-refractivity contribution in [1.29, 1.82) is 0 Å². The van der Waals surface area contributed by atoms with Crippen molar-refractivity contribution in [2.45, 2.75) is 13.8 Å². The third-order valence-corrected chi connectivity index (χ3v) is 3.42. The predicted molar refractivity (Wildman–Crippen MR) is 89.8 cm³/mol. The van der Waals surface area contributed by atoms with E-state index in [1.165, 1.54) is 0 Å². The van der Waals surface area contributed by atoms with Crippen molar-refractivity contribution in [2.75, 3.05) is 11.9 Å². The lowest BCUT2D eigenvalue weighted by Crippen LogP contribution is -2.20. The molecule has 1 aromatic heterocycles. The highest BCUT2D eigenvalue weighted by Crippen LogP contribution is 2.28. The van der Waals surface area contributed by atoms with Gasteiger partial charge in [-0.25, -0.2) is 0 Å². The van der Waals surface area contributed by atoms with E-state index in [0.717, 1.165) is 11.3 Å². The maximum absolute atomic E-state index is 12.1. The van der Waals surface area contributed by atoms with Gasteiger partial charge in [-0.3, -0.25) is 4.79 Å². The number of para-hydroxylation sites is 2. The summed E-state index contributed by atoms with van der Waals surface area (Å²) in [4.78, 5) is 16.3. The lowest BCUT2D eigenvalue weighted by molar-refractivity contribution is -0.118. The van der Waals surface area contributed by atoms with E-state index in [2.05, 4.69) is 15.5 Å². The van der Waals surface area contributed by atoms with Crippen LogP contribution in [0.15, 0.2) is 53.1 Å². The first-order valence-electron chi connectivity index (χ1n) is 7.51. The van der Waals surface area contributed by atoms with Gasteiger partial charge >= 0.3 is 0 Å². The van der Waals surface area contributed by atoms with Crippen molar-refractivity contribution >= 4 is 11.6 Å². The molecule has 0 fully saturated rings. The number of aryl methyl sites for hydroxylation is 2. The quantitative estimate of drug-likeness (QED) is 0.779. The first-order valence-corrected chi connectivity index (χ1v) is 7.51. The summed E-state index contributed by atoms with van der Waals surface area (Å²) in [5.41, 5.74) is 2.42. The molecule has 6 heteroatoms. The highest BCUT2D eigenvalue weighted by atomic mass is 16.5. The fourth-order valence-corrected chi connectivity index (χ4v) is 2.22. The number of hydrogen-bond acceptors (Lipinski definition) is 5. The predicted octanol–water partition coefficient (Wildman–Crippen LogP) is 3.37.